The molecule has 126 valence electrons. The third-order valence-corrected chi connectivity index (χ3v) is 5.60. The fraction of sp³-hybridized carbons (Fsp3) is 0.278. The smallest absolute Gasteiger partial charge is 0.182 e. The number of thiophene rings is 1. The fourth-order valence-electron chi connectivity index (χ4n) is 3.29. The summed E-state index contributed by atoms with van der Waals surface area (Å²) in [6.07, 6.45) is 2.48. The van der Waals surface area contributed by atoms with Crippen LogP contribution in [0, 0.1) is 5.82 Å². The van der Waals surface area contributed by atoms with Gasteiger partial charge in [0, 0.05) is 16.9 Å². The number of benzene rings is 1. The number of hydrogen-bond donors (Lipinski definition) is 0. The number of fused-ring (bicyclic) bond motifs is 5. The van der Waals surface area contributed by atoms with E-state index in [0.717, 1.165) is 22.3 Å². The minimum absolute atomic E-state index is 0.209. The van der Waals surface area contributed by atoms with E-state index in [1.54, 1.807) is 28.2 Å². The summed E-state index contributed by atoms with van der Waals surface area (Å²) < 4.78 is 21.1. The number of halogens is 1. The van der Waals surface area contributed by atoms with E-state index in [9.17, 15) is 4.39 Å². The Bertz CT molecular complexity index is 1130. The zero-order chi connectivity index (χ0) is 17.2. The molecule has 0 unspecified atom stereocenters. The van der Waals surface area contributed by atoms with Crippen molar-refractivity contribution in [3.8, 4) is 11.4 Å². The van der Waals surface area contributed by atoms with E-state index in [1.807, 2.05) is 6.07 Å². The summed E-state index contributed by atoms with van der Waals surface area (Å²) in [7, 11) is 0. The van der Waals surface area contributed by atoms with Crippen molar-refractivity contribution in [2.45, 2.75) is 32.5 Å². The standard InChI is InChI=1S/C18H15FN4OS/c1-18(2)7-12-13(8-24-18)25-17-14(12)16-21-15(22-23(16)9-20-17)10-4-3-5-11(19)6-10/h3-6,9H,7-8H2,1-2H3. The normalized spacial score (nSPS) is 16.4. The molecule has 25 heavy (non-hydrogen) atoms. The predicted molar refractivity (Wildman–Crippen MR) is 94.1 cm³/mol. The second kappa shape index (κ2) is 5.06. The van der Waals surface area contributed by atoms with Crippen molar-refractivity contribution in [2.24, 2.45) is 0 Å². The van der Waals surface area contributed by atoms with Gasteiger partial charge < -0.3 is 4.74 Å². The van der Waals surface area contributed by atoms with E-state index in [2.05, 4.69) is 23.9 Å². The Hall–Kier alpha value is -2.38. The van der Waals surface area contributed by atoms with Crippen molar-refractivity contribution in [2.75, 3.05) is 0 Å². The summed E-state index contributed by atoms with van der Waals surface area (Å²) in [4.78, 5) is 11.4. The number of aromatic nitrogens is 4. The van der Waals surface area contributed by atoms with Gasteiger partial charge in [0.15, 0.2) is 11.5 Å². The molecule has 0 radical (unpaired) electrons. The van der Waals surface area contributed by atoms with Gasteiger partial charge in [0.2, 0.25) is 0 Å². The molecule has 0 aliphatic carbocycles. The Labute approximate surface area is 147 Å². The summed E-state index contributed by atoms with van der Waals surface area (Å²) in [5, 5.41) is 5.52. The second-order valence-electron chi connectivity index (χ2n) is 6.87. The zero-order valence-corrected chi connectivity index (χ0v) is 14.6. The maximum Gasteiger partial charge on any atom is 0.182 e. The number of nitrogens with zero attached hydrogens (tertiary/aromatic N) is 4. The topological polar surface area (TPSA) is 52.3 Å². The highest BCUT2D eigenvalue weighted by Gasteiger charge is 2.30. The first-order chi connectivity index (χ1) is 12.0. The molecule has 4 heterocycles. The molecule has 0 spiro atoms. The first kappa shape index (κ1) is 14.9. The summed E-state index contributed by atoms with van der Waals surface area (Å²) in [6.45, 7) is 4.78. The van der Waals surface area contributed by atoms with Crippen LogP contribution in [-0.4, -0.2) is 25.2 Å². The van der Waals surface area contributed by atoms with Crippen LogP contribution in [0.4, 0.5) is 4.39 Å². The molecule has 1 aliphatic heterocycles. The van der Waals surface area contributed by atoms with Crippen LogP contribution in [0.3, 0.4) is 0 Å². The average molecular weight is 354 g/mol. The summed E-state index contributed by atoms with van der Waals surface area (Å²) >= 11 is 1.65. The molecule has 1 aromatic carbocycles. The van der Waals surface area contributed by atoms with Gasteiger partial charge >= 0.3 is 0 Å². The minimum Gasteiger partial charge on any atom is -0.370 e. The maximum absolute atomic E-state index is 13.5. The second-order valence-corrected chi connectivity index (χ2v) is 7.95. The minimum atomic E-state index is -0.300. The quantitative estimate of drug-likeness (QED) is 0.518. The first-order valence-electron chi connectivity index (χ1n) is 8.06. The summed E-state index contributed by atoms with van der Waals surface area (Å²) in [5.74, 6) is 0.200. The SMILES string of the molecule is CC1(C)Cc2c(sc3ncn4nc(-c5cccc(F)c5)nc4c23)CO1. The third-order valence-electron chi connectivity index (χ3n) is 4.49. The lowest BCUT2D eigenvalue weighted by molar-refractivity contribution is -0.0379. The monoisotopic (exact) mass is 354 g/mol. The lowest BCUT2D eigenvalue weighted by Crippen LogP contribution is -2.31. The number of ether oxygens (including phenoxy) is 1. The van der Waals surface area contributed by atoms with E-state index in [4.69, 9.17) is 9.72 Å². The Morgan fingerprint density at radius 3 is 3.04 bits per heavy atom. The van der Waals surface area contributed by atoms with Crippen molar-refractivity contribution >= 4 is 27.2 Å². The molecule has 5 nitrogen and oxygen atoms in total. The van der Waals surface area contributed by atoms with Crippen LogP contribution in [0.25, 0.3) is 27.3 Å². The van der Waals surface area contributed by atoms with E-state index in [-0.39, 0.29) is 11.4 Å². The number of hydrogen-bond acceptors (Lipinski definition) is 5. The lowest BCUT2D eigenvalue weighted by atomic mass is 9.94. The highest BCUT2D eigenvalue weighted by Crippen LogP contribution is 2.39. The molecule has 0 N–H and O–H groups in total. The van der Waals surface area contributed by atoms with Crippen molar-refractivity contribution in [1.29, 1.82) is 0 Å². The Morgan fingerprint density at radius 1 is 1.32 bits per heavy atom. The summed E-state index contributed by atoms with van der Waals surface area (Å²) in [5.41, 5.74) is 2.45. The Morgan fingerprint density at radius 2 is 2.20 bits per heavy atom. The van der Waals surface area contributed by atoms with Crippen LogP contribution in [0.5, 0.6) is 0 Å². The van der Waals surface area contributed by atoms with Gasteiger partial charge in [-0.2, -0.15) is 0 Å². The van der Waals surface area contributed by atoms with Gasteiger partial charge in [-0.15, -0.1) is 16.4 Å². The highest BCUT2D eigenvalue weighted by atomic mass is 32.1. The Balaban J connectivity index is 1.77. The molecule has 3 aromatic heterocycles. The third kappa shape index (κ3) is 2.34. The van der Waals surface area contributed by atoms with Crippen molar-refractivity contribution < 1.29 is 9.13 Å². The highest BCUT2D eigenvalue weighted by molar-refractivity contribution is 7.19. The van der Waals surface area contributed by atoms with Gasteiger partial charge in [0.1, 0.15) is 17.0 Å². The molecule has 7 heteroatoms. The molecule has 0 saturated carbocycles. The molecule has 0 bridgehead atoms. The van der Waals surface area contributed by atoms with E-state index < -0.39 is 0 Å². The largest absolute Gasteiger partial charge is 0.370 e. The Kier molecular flexibility index (Phi) is 3.02. The lowest BCUT2D eigenvalue weighted by Gasteiger charge is -2.30. The van der Waals surface area contributed by atoms with Crippen molar-refractivity contribution in [3.63, 3.8) is 0 Å². The van der Waals surface area contributed by atoms with Crippen LogP contribution < -0.4 is 0 Å². The van der Waals surface area contributed by atoms with Gasteiger partial charge in [-0.3, -0.25) is 0 Å². The van der Waals surface area contributed by atoms with Crippen LogP contribution in [0.15, 0.2) is 30.6 Å². The van der Waals surface area contributed by atoms with Crippen LogP contribution in [0.1, 0.15) is 24.3 Å². The summed E-state index contributed by atoms with van der Waals surface area (Å²) in [6, 6.07) is 6.33. The average Bonchev–Trinajstić information content (AvgIpc) is 3.14. The van der Waals surface area contributed by atoms with Gasteiger partial charge in [-0.05, 0) is 31.5 Å². The van der Waals surface area contributed by atoms with E-state index in [1.165, 1.54) is 22.6 Å². The molecule has 0 amide bonds. The number of rotatable bonds is 1. The van der Waals surface area contributed by atoms with Gasteiger partial charge in [-0.25, -0.2) is 18.9 Å². The zero-order valence-electron chi connectivity index (χ0n) is 13.8. The van der Waals surface area contributed by atoms with Crippen molar-refractivity contribution in [3.05, 3.63) is 46.9 Å². The molecule has 5 rings (SSSR count). The van der Waals surface area contributed by atoms with Crippen LogP contribution >= 0.6 is 11.3 Å². The van der Waals surface area contributed by atoms with Crippen molar-refractivity contribution in [1.82, 2.24) is 19.6 Å². The molecule has 1 aliphatic rings. The van der Waals surface area contributed by atoms with Gasteiger partial charge in [0.05, 0.1) is 17.6 Å². The molecule has 0 saturated heterocycles. The van der Waals surface area contributed by atoms with Gasteiger partial charge in [0.25, 0.3) is 0 Å². The molecular formula is C18H15FN4OS. The molecular weight excluding hydrogens is 339 g/mol. The van der Waals surface area contributed by atoms with Crippen LogP contribution in [-0.2, 0) is 17.8 Å². The van der Waals surface area contributed by atoms with Gasteiger partial charge in [-0.1, -0.05) is 12.1 Å². The van der Waals surface area contributed by atoms with Crippen LogP contribution in [0.2, 0.25) is 0 Å². The first-order valence-corrected chi connectivity index (χ1v) is 8.87. The molecule has 0 atom stereocenters. The molecule has 0 fully saturated rings. The fourth-order valence-corrected chi connectivity index (χ4v) is 4.36. The predicted octanol–water partition coefficient (Wildman–Crippen LogP) is 4.00. The maximum atomic E-state index is 13.5. The van der Waals surface area contributed by atoms with E-state index in [0.29, 0.717) is 18.0 Å². The molecule has 4 aromatic rings. The van der Waals surface area contributed by atoms with E-state index >= 15 is 0 Å².